The summed E-state index contributed by atoms with van der Waals surface area (Å²) >= 11 is 6.57. The van der Waals surface area contributed by atoms with Crippen LogP contribution in [0.3, 0.4) is 0 Å². The highest BCUT2D eigenvalue weighted by Gasteiger charge is 2.66. The van der Waals surface area contributed by atoms with Gasteiger partial charge in [-0.05, 0) is 61.6 Å². The minimum absolute atomic E-state index is 0.0539. The van der Waals surface area contributed by atoms with Gasteiger partial charge in [0.05, 0.1) is 53.2 Å². The Labute approximate surface area is 271 Å². The number of amides is 2. The summed E-state index contributed by atoms with van der Waals surface area (Å²) in [7, 11) is 0.590. The van der Waals surface area contributed by atoms with Gasteiger partial charge in [0.15, 0.2) is 5.60 Å². The molecule has 0 saturated carbocycles. The molecule has 2 aromatic carbocycles. The van der Waals surface area contributed by atoms with Gasteiger partial charge >= 0.3 is 5.97 Å². The second kappa shape index (κ2) is 13.4. The Bertz CT molecular complexity index is 1420. The zero-order valence-electron chi connectivity index (χ0n) is 26.9. The average Bonchev–Trinajstić information content (AvgIpc) is 3.69. The van der Waals surface area contributed by atoms with E-state index in [0.717, 1.165) is 29.8 Å². The molecule has 5 atom stereocenters. The van der Waals surface area contributed by atoms with E-state index in [0.29, 0.717) is 31.0 Å². The predicted octanol–water partition coefficient (Wildman–Crippen LogP) is 4.63. The van der Waals surface area contributed by atoms with Crippen LogP contribution in [0.1, 0.15) is 51.0 Å². The maximum atomic E-state index is 14.7. The molecule has 1 N–H and O–H groups in total. The fourth-order valence-electron chi connectivity index (χ4n) is 7.99. The summed E-state index contributed by atoms with van der Waals surface area (Å²) in [5.74, 6) is 0.0163. The summed E-state index contributed by atoms with van der Waals surface area (Å²) in [5, 5.41) is 11.6. The van der Waals surface area contributed by atoms with Gasteiger partial charge in [0.1, 0.15) is 5.75 Å². The summed E-state index contributed by atoms with van der Waals surface area (Å²) in [5.41, 5.74) is 0.0781. The van der Waals surface area contributed by atoms with Crippen molar-refractivity contribution in [3.8, 4) is 5.75 Å². The molecule has 0 unspecified atom stereocenters. The third kappa shape index (κ3) is 6.02. The first-order valence-corrected chi connectivity index (χ1v) is 19.4. The molecule has 3 heterocycles. The van der Waals surface area contributed by atoms with Gasteiger partial charge < -0.3 is 29.1 Å². The van der Waals surface area contributed by atoms with E-state index < -0.39 is 19.8 Å². The standard InChI is InChI=1S/C34H45ClN2O7Si/c1-22-32(45(4,5)26-14-12-25(42-2)13-15-26)29(20-30(39)36-18-8-9-24(36)21-38)44-34(22)27-19-23(35)11-16-28(27)37(33(34)41)17-7-6-10-31(40)43-3/h11-16,19,22,24,29,32,38H,6-10,17-18,20-21H2,1-5H3/t22-,24-,29+,32-,34+/m0/s1. The molecule has 2 amide bonds. The van der Waals surface area contributed by atoms with Crippen molar-refractivity contribution in [3.05, 3.63) is 53.1 Å². The normalized spacial score (nSPS) is 26.1. The lowest BCUT2D eigenvalue weighted by Gasteiger charge is -2.37. The number of anilines is 1. The molecule has 45 heavy (non-hydrogen) atoms. The zero-order chi connectivity index (χ0) is 32.5. The largest absolute Gasteiger partial charge is 0.497 e. The van der Waals surface area contributed by atoms with Gasteiger partial charge in [-0.2, -0.15) is 0 Å². The van der Waals surface area contributed by atoms with Crippen molar-refractivity contribution in [2.24, 2.45) is 5.92 Å². The van der Waals surface area contributed by atoms with Gasteiger partial charge in [0.2, 0.25) is 5.91 Å². The van der Waals surface area contributed by atoms with Crippen LogP contribution in [0.2, 0.25) is 23.7 Å². The minimum atomic E-state index is -2.42. The quantitative estimate of drug-likeness (QED) is 0.214. The van der Waals surface area contributed by atoms with Crippen LogP contribution in [0.4, 0.5) is 5.69 Å². The Morgan fingerprint density at radius 3 is 2.53 bits per heavy atom. The maximum absolute atomic E-state index is 14.7. The molecule has 1 spiro atoms. The first-order chi connectivity index (χ1) is 21.5. The number of likely N-dealkylation sites (tertiary alicyclic amines) is 1. The van der Waals surface area contributed by atoms with E-state index in [9.17, 15) is 19.5 Å². The van der Waals surface area contributed by atoms with E-state index in [1.807, 2.05) is 24.3 Å². The summed E-state index contributed by atoms with van der Waals surface area (Å²) in [6.45, 7) is 7.61. The second-order valence-corrected chi connectivity index (χ2v) is 18.2. The number of methoxy groups -OCH3 is 2. The number of unbranched alkanes of at least 4 members (excludes halogenated alkanes) is 1. The summed E-state index contributed by atoms with van der Waals surface area (Å²) in [6, 6.07) is 13.4. The molecule has 11 heteroatoms. The lowest BCUT2D eigenvalue weighted by Crippen LogP contribution is -2.52. The molecule has 2 fully saturated rings. The Balaban J connectivity index is 1.54. The molecule has 2 aromatic rings. The van der Waals surface area contributed by atoms with Crippen LogP contribution in [0.25, 0.3) is 0 Å². The Hall–Kier alpha value is -2.92. The first-order valence-electron chi connectivity index (χ1n) is 15.9. The predicted molar refractivity (Wildman–Crippen MR) is 176 cm³/mol. The number of esters is 1. The molecular weight excluding hydrogens is 612 g/mol. The van der Waals surface area contributed by atoms with Crippen molar-refractivity contribution in [1.82, 2.24) is 4.90 Å². The number of carbonyl (C=O) groups is 3. The van der Waals surface area contributed by atoms with Crippen LogP contribution >= 0.6 is 11.6 Å². The maximum Gasteiger partial charge on any atom is 0.305 e. The smallest absolute Gasteiger partial charge is 0.305 e. The highest BCUT2D eigenvalue weighted by atomic mass is 35.5. The van der Waals surface area contributed by atoms with Crippen LogP contribution in [-0.2, 0) is 29.5 Å². The molecule has 244 valence electrons. The third-order valence-corrected chi connectivity index (χ3v) is 14.9. The van der Waals surface area contributed by atoms with Gasteiger partial charge in [-0.1, -0.05) is 48.9 Å². The number of halogens is 1. The van der Waals surface area contributed by atoms with Crippen molar-refractivity contribution < 1.29 is 33.7 Å². The number of fused-ring (bicyclic) bond motifs is 2. The highest BCUT2D eigenvalue weighted by molar-refractivity contribution is 6.91. The monoisotopic (exact) mass is 656 g/mol. The number of hydrogen-bond donors (Lipinski definition) is 1. The van der Waals surface area contributed by atoms with E-state index in [1.54, 1.807) is 23.0 Å². The Kier molecular flexibility index (Phi) is 9.98. The van der Waals surface area contributed by atoms with Crippen molar-refractivity contribution in [2.75, 3.05) is 38.8 Å². The number of hydrogen-bond acceptors (Lipinski definition) is 7. The number of ether oxygens (including phenoxy) is 3. The molecule has 3 aliphatic rings. The third-order valence-electron chi connectivity index (χ3n) is 10.3. The number of benzene rings is 2. The van der Waals surface area contributed by atoms with E-state index in [2.05, 4.69) is 32.2 Å². The second-order valence-electron chi connectivity index (χ2n) is 13.1. The molecule has 0 bridgehead atoms. The summed E-state index contributed by atoms with van der Waals surface area (Å²) < 4.78 is 17.3. The van der Waals surface area contributed by atoms with Gasteiger partial charge in [0.25, 0.3) is 5.91 Å². The average molecular weight is 657 g/mol. The fourth-order valence-corrected chi connectivity index (χ4v) is 12.2. The van der Waals surface area contributed by atoms with Crippen LogP contribution in [0.15, 0.2) is 42.5 Å². The van der Waals surface area contributed by atoms with Crippen LogP contribution in [0, 0.1) is 5.92 Å². The summed E-state index contributed by atoms with van der Waals surface area (Å²) in [6.07, 6.45) is 2.72. The molecule has 0 aromatic heterocycles. The van der Waals surface area contributed by atoms with Gasteiger partial charge in [0, 0.05) is 36.0 Å². The number of rotatable bonds is 11. The van der Waals surface area contributed by atoms with Crippen molar-refractivity contribution in [1.29, 1.82) is 0 Å². The van der Waals surface area contributed by atoms with Crippen LogP contribution < -0.4 is 14.8 Å². The SMILES string of the molecule is COC(=O)CCCCN1C(=O)[C@]2(O[C@H](CC(=O)N3CCC[C@H]3CO)[C@@H]([Si](C)(C)c3ccc(OC)cc3)[C@@H]2C)c2cc(Cl)ccc21. The Morgan fingerprint density at radius 2 is 1.87 bits per heavy atom. The first kappa shape index (κ1) is 33.4. The molecule has 9 nitrogen and oxygen atoms in total. The molecule has 0 aliphatic carbocycles. The van der Waals surface area contributed by atoms with Crippen LogP contribution in [-0.4, -0.2) is 81.9 Å². The van der Waals surface area contributed by atoms with Gasteiger partial charge in [-0.3, -0.25) is 14.4 Å². The zero-order valence-corrected chi connectivity index (χ0v) is 28.6. The minimum Gasteiger partial charge on any atom is -0.497 e. The lowest BCUT2D eigenvalue weighted by molar-refractivity contribution is -0.150. The highest BCUT2D eigenvalue weighted by Crippen LogP contribution is 2.60. The molecule has 3 aliphatic heterocycles. The lowest BCUT2D eigenvalue weighted by atomic mass is 9.82. The van der Waals surface area contributed by atoms with Gasteiger partial charge in [-0.15, -0.1) is 0 Å². The number of carbonyl (C=O) groups excluding carboxylic acids is 3. The van der Waals surface area contributed by atoms with Crippen molar-refractivity contribution in [3.63, 3.8) is 0 Å². The van der Waals surface area contributed by atoms with E-state index in [1.165, 1.54) is 12.3 Å². The number of aliphatic hydroxyl groups excluding tert-OH is 1. The van der Waals surface area contributed by atoms with Crippen molar-refractivity contribution >= 4 is 48.3 Å². The number of nitrogens with zero attached hydrogens (tertiary/aromatic N) is 2. The molecule has 0 radical (unpaired) electrons. The Morgan fingerprint density at radius 1 is 1.13 bits per heavy atom. The number of aliphatic hydroxyl groups is 1. The molecular formula is C34H45ClN2O7Si. The van der Waals surface area contributed by atoms with Gasteiger partial charge in [-0.25, -0.2) is 0 Å². The molecule has 2 saturated heterocycles. The van der Waals surface area contributed by atoms with E-state index in [-0.39, 0.29) is 54.7 Å². The summed E-state index contributed by atoms with van der Waals surface area (Å²) in [4.78, 5) is 43.8. The fraction of sp³-hybridized carbons (Fsp3) is 0.559. The van der Waals surface area contributed by atoms with E-state index >= 15 is 0 Å². The molecule has 5 rings (SSSR count). The van der Waals surface area contributed by atoms with Crippen LogP contribution in [0.5, 0.6) is 5.75 Å². The topological polar surface area (TPSA) is 106 Å². The van der Waals surface area contributed by atoms with E-state index in [4.69, 9.17) is 25.8 Å². The van der Waals surface area contributed by atoms with Crippen molar-refractivity contribution in [2.45, 2.75) is 81.8 Å².